The first-order valence-corrected chi connectivity index (χ1v) is 10.3. The molecule has 2 aliphatic heterocycles. The summed E-state index contributed by atoms with van der Waals surface area (Å²) < 4.78 is 27.1. The minimum atomic E-state index is -0.481. The Labute approximate surface area is 178 Å². The van der Waals surface area contributed by atoms with Gasteiger partial charge < -0.3 is 14.1 Å². The van der Waals surface area contributed by atoms with Crippen molar-refractivity contribution in [1.82, 2.24) is 19.9 Å². The summed E-state index contributed by atoms with van der Waals surface area (Å²) in [6.07, 6.45) is 5.87. The first-order valence-electron chi connectivity index (χ1n) is 10.3. The summed E-state index contributed by atoms with van der Waals surface area (Å²) in [7, 11) is 0. The molecule has 0 bridgehead atoms. The number of anilines is 2. The molecule has 1 aromatic carbocycles. The van der Waals surface area contributed by atoms with Gasteiger partial charge in [-0.3, -0.25) is 9.80 Å². The van der Waals surface area contributed by atoms with Crippen molar-refractivity contribution in [2.45, 2.75) is 19.2 Å². The summed E-state index contributed by atoms with van der Waals surface area (Å²) in [6.45, 7) is 4.73. The standard InChI is InChI=1S/C21H23FN6O3/c22-19-11-17(28-14-18(31-21(28)29)13-27-5-4-23-24-27)1-2-20(19)26-8-6-25(7-9-26)12-16-3-10-30-15-16/h1-5,10-11,15,18H,6-9,12-14H2/t18-/m0/s1. The van der Waals surface area contributed by atoms with Crippen molar-refractivity contribution in [2.24, 2.45) is 0 Å². The van der Waals surface area contributed by atoms with Gasteiger partial charge in [-0.25, -0.2) is 13.9 Å². The maximum Gasteiger partial charge on any atom is 0.414 e. The van der Waals surface area contributed by atoms with Crippen molar-refractivity contribution in [1.29, 1.82) is 0 Å². The van der Waals surface area contributed by atoms with Crippen molar-refractivity contribution in [3.63, 3.8) is 0 Å². The molecule has 5 rings (SSSR count). The zero-order chi connectivity index (χ0) is 21.2. The van der Waals surface area contributed by atoms with E-state index in [4.69, 9.17) is 9.15 Å². The average molecular weight is 426 g/mol. The maximum absolute atomic E-state index is 15.0. The second kappa shape index (κ2) is 8.38. The van der Waals surface area contributed by atoms with Crippen LogP contribution in [0.4, 0.5) is 20.6 Å². The van der Waals surface area contributed by atoms with Crippen LogP contribution in [0.25, 0.3) is 0 Å². The molecule has 4 heterocycles. The van der Waals surface area contributed by atoms with E-state index in [1.165, 1.54) is 11.0 Å². The van der Waals surface area contributed by atoms with Gasteiger partial charge in [0.15, 0.2) is 0 Å². The van der Waals surface area contributed by atoms with Gasteiger partial charge in [0.2, 0.25) is 0 Å². The molecule has 2 aromatic heterocycles. The largest absolute Gasteiger partial charge is 0.472 e. The fraction of sp³-hybridized carbons (Fsp3) is 0.381. The molecular weight excluding hydrogens is 403 g/mol. The van der Waals surface area contributed by atoms with Gasteiger partial charge in [0.1, 0.15) is 11.9 Å². The molecule has 162 valence electrons. The molecule has 0 unspecified atom stereocenters. The Hall–Kier alpha value is -3.40. The maximum atomic E-state index is 15.0. The van der Waals surface area contributed by atoms with Gasteiger partial charge in [0, 0.05) is 44.5 Å². The number of amides is 1. The molecule has 3 aromatic rings. The highest BCUT2D eigenvalue weighted by atomic mass is 19.1. The second-order valence-electron chi connectivity index (χ2n) is 7.77. The molecule has 0 N–H and O–H groups in total. The lowest BCUT2D eigenvalue weighted by molar-refractivity contribution is 0.129. The molecule has 0 radical (unpaired) electrons. The summed E-state index contributed by atoms with van der Waals surface area (Å²) >= 11 is 0. The number of halogens is 1. The summed E-state index contributed by atoms with van der Waals surface area (Å²) in [5, 5.41) is 7.64. The summed E-state index contributed by atoms with van der Waals surface area (Å²) in [6, 6.07) is 6.89. The van der Waals surface area contributed by atoms with Crippen molar-refractivity contribution in [2.75, 3.05) is 42.5 Å². The molecule has 1 amide bonds. The summed E-state index contributed by atoms with van der Waals surface area (Å²) in [5.41, 5.74) is 2.19. The molecule has 2 saturated heterocycles. The molecule has 0 saturated carbocycles. The van der Waals surface area contributed by atoms with E-state index in [0.29, 0.717) is 24.5 Å². The van der Waals surface area contributed by atoms with Crippen LogP contribution in [0.1, 0.15) is 5.56 Å². The van der Waals surface area contributed by atoms with E-state index in [-0.39, 0.29) is 11.9 Å². The van der Waals surface area contributed by atoms with Crippen molar-refractivity contribution in [3.8, 4) is 0 Å². The van der Waals surface area contributed by atoms with Crippen LogP contribution in [0.3, 0.4) is 0 Å². The number of cyclic esters (lactones) is 1. The molecule has 1 atom stereocenters. The monoisotopic (exact) mass is 426 g/mol. The third kappa shape index (κ3) is 4.24. The Bertz CT molecular complexity index is 1020. The van der Waals surface area contributed by atoms with Gasteiger partial charge >= 0.3 is 6.09 Å². The molecular formula is C21H23FN6O3. The number of hydrogen-bond acceptors (Lipinski definition) is 7. The number of carbonyl (C=O) groups is 1. The van der Waals surface area contributed by atoms with Crippen molar-refractivity contribution >= 4 is 17.5 Å². The van der Waals surface area contributed by atoms with Gasteiger partial charge in [-0.05, 0) is 24.3 Å². The summed E-state index contributed by atoms with van der Waals surface area (Å²) in [5.74, 6) is -0.340. The van der Waals surface area contributed by atoms with Crippen LogP contribution in [-0.2, 0) is 17.8 Å². The number of carbonyl (C=O) groups excluding carboxylic acids is 1. The zero-order valence-corrected chi connectivity index (χ0v) is 16.9. The van der Waals surface area contributed by atoms with E-state index in [0.717, 1.165) is 38.3 Å². The fourth-order valence-electron chi connectivity index (χ4n) is 4.07. The number of aromatic nitrogens is 3. The van der Waals surface area contributed by atoms with E-state index in [9.17, 15) is 9.18 Å². The molecule has 10 heteroatoms. The Morgan fingerprint density at radius 1 is 1.16 bits per heavy atom. The number of furan rings is 1. The number of ether oxygens (including phenoxy) is 1. The lowest BCUT2D eigenvalue weighted by Crippen LogP contribution is -2.46. The average Bonchev–Trinajstić information content (AvgIpc) is 3.52. The SMILES string of the molecule is O=C1O[C@@H](Cn2ccnn2)CN1c1ccc(N2CCN(Cc3ccoc3)CC2)c(F)c1. The Morgan fingerprint density at radius 2 is 2.03 bits per heavy atom. The zero-order valence-electron chi connectivity index (χ0n) is 16.9. The van der Waals surface area contributed by atoms with E-state index in [2.05, 4.69) is 15.2 Å². The smallest absolute Gasteiger partial charge is 0.414 e. The Balaban J connectivity index is 1.21. The molecule has 31 heavy (non-hydrogen) atoms. The third-order valence-corrected chi connectivity index (χ3v) is 5.68. The van der Waals surface area contributed by atoms with Crippen LogP contribution < -0.4 is 9.80 Å². The molecule has 9 nitrogen and oxygen atoms in total. The third-order valence-electron chi connectivity index (χ3n) is 5.68. The van der Waals surface area contributed by atoms with Crippen LogP contribution in [0, 0.1) is 5.82 Å². The van der Waals surface area contributed by atoms with E-state index in [1.54, 1.807) is 41.7 Å². The second-order valence-corrected chi connectivity index (χ2v) is 7.77. The molecule has 0 spiro atoms. The van der Waals surface area contributed by atoms with Crippen LogP contribution in [-0.4, -0.2) is 64.8 Å². The minimum absolute atomic E-state index is 0.337. The first kappa shape index (κ1) is 19.6. The van der Waals surface area contributed by atoms with Crippen molar-refractivity contribution in [3.05, 3.63) is 60.6 Å². The van der Waals surface area contributed by atoms with E-state index in [1.807, 2.05) is 11.0 Å². The Morgan fingerprint density at radius 3 is 2.74 bits per heavy atom. The number of piperazine rings is 1. The van der Waals surface area contributed by atoms with Gasteiger partial charge in [0.25, 0.3) is 0 Å². The van der Waals surface area contributed by atoms with E-state index < -0.39 is 6.09 Å². The topological polar surface area (TPSA) is 79.9 Å². The molecule has 0 aliphatic carbocycles. The highest BCUT2D eigenvalue weighted by molar-refractivity contribution is 5.90. The van der Waals surface area contributed by atoms with Crippen LogP contribution in [0.15, 0.2) is 53.6 Å². The number of hydrogen-bond donors (Lipinski definition) is 0. The minimum Gasteiger partial charge on any atom is -0.472 e. The van der Waals surface area contributed by atoms with Gasteiger partial charge in [-0.15, -0.1) is 5.10 Å². The van der Waals surface area contributed by atoms with E-state index >= 15 is 0 Å². The van der Waals surface area contributed by atoms with Crippen LogP contribution in [0.2, 0.25) is 0 Å². The Kier molecular flexibility index (Phi) is 5.29. The van der Waals surface area contributed by atoms with Crippen LogP contribution in [0.5, 0.6) is 0 Å². The quantitative estimate of drug-likeness (QED) is 0.599. The first-order chi connectivity index (χ1) is 15.2. The fourth-order valence-corrected chi connectivity index (χ4v) is 4.07. The number of nitrogens with zero attached hydrogens (tertiary/aromatic N) is 6. The highest BCUT2D eigenvalue weighted by Gasteiger charge is 2.33. The highest BCUT2D eigenvalue weighted by Crippen LogP contribution is 2.29. The predicted octanol–water partition coefficient (Wildman–Crippen LogP) is 2.36. The number of benzene rings is 1. The van der Waals surface area contributed by atoms with Gasteiger partial charge in [-0.2, -0.15) is 0 Å². The number of rotatable bonds is 6. The molecule has 2 fully saturated rings. The van der Waals surface area contributed by atoms with Crippen molar-refractivity contribution < 1.29 is 18.3 Å². The van der Waals surface area contributed by atoms with Crippen LogP contribution >= 0.6 is 0 Å². The van der Waals surface area contributed by atoms with Gasteiger partial charge in [0.05, 0.1) is 43.2 Å². The predicted molar refractivity (Wildman–Crippen MR) is 110 cm³/mol. The summed E-state index contributed by atoms with van der Waals surface area (Å²) in [4.78, 5) is 18.1. The lowest BCUT2D eigenvalue weighted by Gasteiger charge is -2.36. The van der Waals surface area contributed by atoms with Gasteiger partial charge in [-0.1, -0.05) is 5.21 Å². The molecule has 2 aliphatic rings. The lowest BCUT2D eigenvalue weighted by atomic mass is 10.2. The normalized spacial score (nSPS) is 19.8.